The SMILES string of the molecule is CC.CCN1CCC(C)C(C)C(C)(C)C1. The van der Waals surface area contributed by atoms with E-state index in [1.165, 1.54) is 26.1 Å². The second-order valence-electron chi connectivity index (χ2n) is 5.41. The maximum absolute atomic E-state index is 2.60. The predicted octanol–water partition coefficient (Wildman–Crippen LogP) is 4.04. The van der Waals surface area contributed by atoms with Crippen molar-refractivity contribution < 1.29 is 0 Å². The normalized spacial score (nSPS) is 31.4. The van der Waals surface area contributed by atoms with Gasteiger partial charge < -0.3 is 4.90 Å². The highest BCUT2D eigenvalue weighted by Gasteiger charge is 2.34. The highest BCUT2D eigenvalue weighted by molar-refractivity contribution is 4.85. The van der Waals surface area contributed by atoms with Gasteiger partial charge in [-0.2, -0.15) is 0 Å². The molecule has 0 N–H and O–H groups in total. The monoisotopic (exact) mass is 213 g/mol. The standard InChI is InChI=1S/C12H25N.C2H6/c1-6-13-8-7-10(2)11(3)12(4,5)9-13;1-2/h10-11H,6-9H2,1-5H3;1-2H3. The fourth-order valence-corrected chi connectivity index (χ4v) is 2.48. The van der Waals surface area contributed by atoms with Crippen molar-refractivity contribution in [3.8, 4) is 0 Å². The molecule has 2 atom stereocenters. The molecule has 2 unspecified atom stereocenters. The summed E-state index contributed by atoms with van der Waals surface area (Å²) < 4.78 is 0. The molecule has 0 spiro atoms. The van der Waals surface area contributed by atoms with E-state index in [9.17, 15) is 0 Å². The molecule has 0 aromatic carbocycles. The first-order valence-corrected chi connectivity index (χ1v) is 6.69. The Labute approximate surface area is 97.2 Å². The molecule has 0 bridgehead atoms. The first-order valence-electron chi connectivity index (χ1n) is 6.69. The Morgan fingerprint density at radius 3 is 2.20 bits per heavy atom. The van der Waals surface area contributed by atoms with Crippen LogP contribution in [0.5, 0.6) is 0 Å². The highest BCUT2D eigenvalue weighted by Crippen LogP contribution is 2.37. The Kier molecular flexibility index (Phi) is 6.51. The molecule has 92 valence electrons. The number of hydrogen-bond donors (Lipinski definition) is 0. The van der Waals surface area contributed by atoms with Crippen LogP contribution in [0, 0.1) is 17.3 Å². The van der Waals surface area contributed by atoms with Crippen LogP contribution in [0.15, 0.2) is 0 Å². The van der Waals surface area contributed by atoms with E-state index in [1.807, 2.05) is 13.8 Å². The summed E-state index contributed by atoms with van der Waals surface area (Å²) in [6, 6.07) is 0. The van der Waals surface area contributed by atoms with Gasteiger partial charge in [-0.05, 0) is 36.8 Å². The summed E-state index contributed by atoms with van der Waals surface area (Å²) in [6.07, 6.45) is 1.37. The summed E-state index contributed by atoms with van der Waals surface area (Å²) in [6.45, 7) is 19.7. The third kappa shape index (κ3) is 4.14. The van der Waals surface area contributed by atoms with Crippen LogP contribution in [-0.4, -0.2) is 24.5 Å². The maximum Gasteiger partial charge on any atom is 0.00352 e. The molecule has 0 radical (unpaired) electrons. The molecule has 1 rings (SSSR count). The van der Waals surface area contributed by atoms with Crippen molar-refractivity contribution in [2.75, 3.05) is 19.6 Å². The molecule has 0 aliphatic carbocycles. The van der Waals surface area contributed by atoms with E-state index < -0.39 is 0 Å². The van der Waals surface area contributed by atoms with Crippen LogP contribution in [0.1, 0.15) is 54.9 Å². The zero-order valence-corrected chi connectivity index (χ0v) is 11.9. The van der Waals surface area contributed by atoms with Gasteiger partial charge in [0.2, 0.25) is 0 Å². The van der Waals surface area contributed by atoms with Crippen LogP contribution < -0.4 is 0 Å². The van der Waals surface area contributed by atoms with Gasteiger partial charge in [0, 0.05) is 6.54 Å². The van der Waals surface area contributed by atoms with Crippen molar-refractivity contribution in [3.05, 3.63) is 0 Å². The minimum Gasteiger partial charge on any atom is -0.303 e. The van der Waals surface area contributed by atoms with Crippen molar-refractivity contribution in [2.24, 2.45) is 17.3 Å². The van der Waals surface area contributed by atoms with Gasteiger partial charge in [0.05, 0.1) is 0 Å². The Hall–Kier alpha value is -0.0400. The molecule has 0 aromatic heterocycles. The fraction of sp³-hybridized carbons (Fsp3) is 1.00. The molecule has 1 saturated heterocycles. The topological polar surface area (TPSA) is 3.24 Å². The quantitative estimate of drug-likeness (QED) is 0.635. The first-order chi connectivity index (χ1) is 6.97. The molecule has 1 fully saturated rings. The van der Waals surface area contributed by atoms with Crippen molar-refractivity contribution in [3.63, 3.8) is 0 Å². The van der Waals surface area contributed by atoms with E-state index in [0.29, 0.717) is 5.41 Å². The number of likely N-dealkylation sites (tertiary alicyclic amines) is 1. The zero-order chi connectivity index (χ0) is 12.1. The van der Waals surface area contributed by atoms with E-state index in [2.05, 4.69) is 39.5 Å². The number of hydrogen-bond acceptors (Lipinski definition) is 1. The van der Waals surface area contributed by atoms with E-state index in [0.717, 1.165) is 11.8 Å². The van der Waals surface area contributed by atoms with E-state index in [4.69, 9.17) is 0 Å². The lowest BCUT2D eigenvalue weighted by molar-refractivity contribution is 0.141. The van der Waals surface area contributed by atoms with Crippen LogP contribution in [-0.2, 0) is 0 Å². The van der Waals surface area contributed by atoms with Gasteiger partial charge in [0.1, 0.15) is 0 Å². The van der Waals surface area contributed by atoms with Gasteiger partial charge in [0.25, 0.3) is 0 Å². The summed E-state index contributed by atoms with van der Waals surface area (Å²) in [5, 5.41) is 0. The Morgan fingerprint density at radius 1 is 1.20 bits per heavy atom. The number of rotatable bonds is 1. The second kappa shape index (κ2) is 6.52. The first kappa shape index (κ1) is 15.0. The van der Waals surface area contributed by atoms with Crippen molar-refractivity contribution >= 4 is 0 Å². The summed E-state index contributed by atoms with van der Waals surface area (Å²) >= 11 is 0. The molecular weight excluding hydrogens is 182 g/mol. The average Bonchev–Trinajstić information content (AvgIpc) is 2.33. The lowest BCUT2D eigenvalue weighted by Gasteiger charge is -2.35. The minimum absolute atomic E-state index is 0.492. The smallest absolute Gasteiger partial charge is 0.00352 e. The van der Waals surface area contributed by atoms with Crippen LogP contribution in [0.25, 0.3) is 0 Å². The van der Waals surface area contributed by atoms with E-state index >= 15 is 0 Å². The molecule has 0 amide bonds. The third-order valence-corrected chi connectivity index (χ3v) is 4.07. The van der Waals surface area contributed by atoms with E-state index in [-0.39, 0.29) is 0 Å². The predicted molar refractivity (Wildman–Crippen MR) is 70.2 cm³/mol. The van der Waals surface area contributed by atoms with Crippen molar-refractivity contribution in [2.45, 2.75) is 54.9 Å². The van der Waals surface area contributed by atoms with Crippen molar-refractivity contribution in [1.29, 1.82) is 0 Å². The molecule has 0 aromatic rings. The van der Waals surface area contributed by atoms with Gasteiger partial charge in [-0.3, -0.25) is 0 Å². The van der Waals surface area contributed by atoms with Gasteiger partial charge in [-0.15, -0.1) is 0 Å². The van der Waals surface area contributed by atoms with E-state index in [1.54, 1.807) is 0 Å². The molecular formula is C14H31N. The molecule has 1 aliphatic heterocycles. The largest absolute Gasteiger partial charge is 0.303 e. The third-order valence-electron chi connectivity index (χ3n) is 4.07. The summed E-state index contributed by atoms with van der Waals surface area (Å²) in [7, 11) is 0. The Bertz CT molecular complexity index is 163. The minimum atomic E-state index is 0.492. The molecule has 0 saturated carbocycles. The zero-order valence-electron chi connectivity index (χ0n) is 11.9. The lowest BCUT2D eigenvalue weighted by Crippen LogP contribution is -2.36. The van der Waals surface area contributed by atoms with Crippen LogP contribution in [0.2, 0.25) is 0 Å². The van der Waals surface area contributed by atoms with Crippen molar-refractivity contribution in [1.82, 2.24) is 4.90 Å². The fourth-order valence-electron chi connectivity index (χ4n) is 2.48. The Balaban J connectivity index is 0.000000921. The average molecular weight is 213 g/mol. The summed E-state index contributed by atoms with van der Waals surface area (Å²) in [4.78, 5) is 2.60. The highest BCUT2D eigenvalue weighted by atomic mass is 15.1. The molecule has 1 nitrogen and oxygen atoms in total. The van der Waals surface area contributed by atoms with Gasteiger partial charge in [-0.1, -0.05) is 48.5 Å². The van der Waals surface area contributed by atoms with Crippen LogP contribution in [0.4, 0.5) is 0 Å². The lowest BCUT2D eigenvalue weighted by atomic mass is 9.73. The van der Waals surface area contributed by atoms with Crippen LogP contribution in [0.3, 0.4) is 0 Å². The summed E-state index contributed by atoms with van der Waals surface area (Å²) in [5.41, 5.74) is 0.492. The molecule has 15 heavy (non-hydrogen) atoms. The van der Waals surface area contributed by atoms with Gasteiger partial charge in [-0.25, -0.2) is 0 Å². The summed E-state index contributed by atoms with van der Waals surface area (Å²) in [5.74, 6) is 1.73. The Morgan fingerprint density at radius 2 is 1.73 bits per heavy atom. The second-order valence-corrected chi connectivity index (χ2v) is 5.41. The van der Waals surface area contributed by atoms with Gasteiger partial charge in [0.15, 0.2) is 0 Å². The molecule has 1 aliphatic rings. The molecule has 1 heterocycles. The molecule has 1 heteroatoms. The number of nitrogens with zero attached hydrogens (tertiary/aromatic N) is 1. The van der Waals surface area contributed by atoms with Gasteiger partial charge >= 0.3 is 0 Å². The maximum atomic E-state index is 2.60. The van der Waals surface area contributed by atoms with Crippen LogP contribution >= 0.6 is 0 Å².